The molecule has 0 aliphatic heterocycles. The van der Waals surface area contributed by atoms with Crippen LogP contribution in [0.25, 0.3) is 11.2 Å². The molecule has 1 aliphatic rings. The Morgan fingerprint density at radius 2 is 2.05 bits per heavy atom. The van der Waals surface area contributed by atoms with Crippen LogP contribution in [0.3, 0.4) is 0 Å². The van der Waals surface area contributed by atoms with Gasteiger partial charge in [-0.3, -0.25) is 0 Å². The molecule has 0 aromatic carbocycles. The van der Waals surface area contributed by atoms with Crippen molar-refractivity contribution in [1.82, 2.24) is 19.5 Å². The fourth-order valence-electron chi connectivity index (χ4n) is 2.78. The molecular formula is C11H15N5O3. The molecule has 0 amide bonds. The maximum absolute atomic E-state index is 10.1. The van der Waals surface area contributed by atoms with Crippen LogP contribution in [0.15, 0.2) is 12.7 Å². The summed E-state index contributed by atoms with van der Waals surface area (Å²) in [5.41, 5.74) is 6.65. The van der Waals surface area contributed by atoms with Crippen LogP contribution in [0.5, 0.6) is 0 Å². The Hall–Kier alpha value is -1.77. The molecule has 0 spiro atoms. The van der Waals surface area contributed by atoms with Gasteiger partial charge in [0.25, 0.3) is 0 Å². The summed E-state index contributed by atoms with van der Waals surface area (Å²) < 4.78 is 1.65. The lowest BCUT2D eigenvalue weighted by Gasteiger charge is -2.23. The van der Waals surface area contributed by atoms with Gasteiger partial charge in [0.05, 0.1) is 31.2 Å². The van der Waals surface area contributed by atoms with E-state index in [-0.39, 0.29) is 18.8 Å². The Bertz CT molecular complexity index is 601. The Morgan fingerprint density at radius 1 is 1.26 bits per heavy atom. The maximum Gasteiger partial charge on any atom is 0.165 e. The monoisotopic (exact) mass is 265 g/mol. The number of fused-ring (bicyclic) bond motifs is 1. The van der Waals surface area contributed by atoms with Gasteiger partial charge in [0.1, 0.15) is 11.8 Å². The Balaban J connectivity index is 2.11. The average Bonchev–Trinajstić information content (AvgIpc) is 2.91. The van der Waals surface area contributed by atoms with E-state index in [4.69, 9.17) is 5.73 Å². The van der Waals surface area contributed by atoms with Crippen molar-refractivity contribution in [2.24, 2.45) is 5.92 Å². The van der Waals surface area contributed by atoms with Crippen molar-refractivity contribution in [1.29, 1.82) is 0 Å². The van der Waals surface area contributed by atoms with Crippen LogP contribution >= 0.6 is 0 Å². The number of aliphatic hydroxyl groups is 3. The van der Waals surface area contributed by atoms with Gasteiger partial charge >= 0.3 is 0 Å². The van der Waals surface area contributed by atoms with Crippen molar-refractivity contribution >= 4 is 17.0 Å². The van der Waals surface area contributed by atoms with Crippen molar-refractivity contribution in [3.8, 4) is 0 Å². The lowest BCUT2D eigenvalue weighted by atomic mass is 10.0. The van der Waals surface area contributed by atoms with E-state index >= 15 is 0 Å². The second-order valence-electron chi connectivity index (χ2n) is 4.79. The van der Waals surface area contributed by atoms with Crippen molar-refractivity contribution in [2.45, 2.75) is 24.7 Å². The Morgan fingerprint density at radius 3 is 2.79 bits per heavy atom. The fraction of sp³-hybridized carbons (Fsp3) is 0.545. The first-order chi connectivity index (χ1) is 9.13. The van der Waals surface area contributed by atoms with Crippen LogP contribution in [0.2, 0.25) is 0 Å². The first-order valence-corrected chi connectivity index (χ1v) is 6.03. The summed E-state index contributed by atoms with van der Waals surface area (Å²) in [6.45, 7) is -0.219. The van der Waals surface area contributed by atoms with Gasteiger partial charge in [0, 0.05) is 12.3 Å². The molecule has 5 N–H and O–H groups in total. The van der Waals surface area contributed by atoms with Gasteiger partial charge in [-0.05, 0) is 0 Å². The number of anilines is 1. The molecular weight excluding hydrogens is 250 g/mol. The molecule has 0 saturated heterocycles. The summed E-state index contributed by atoms with van der Waals surface area (Å²) in [7, 11) is 0. The SMILES string of the molecule is Nc1ncnc2c1ncn2[C@@H]1[C@H](CO)[C@@H](O)C[C@H]1O. The Kier molecular flexibility index (Phi) is 2.85. The van der Waals surface area contributed by atoms with Crippen molar-refractivity contribution in [3.63, 3.8) is 0 Å². The van der Waals surface area contributed by atoms with Gasteiger partial charge in [0.15, 0.2) is 11.5 Å². The predicted molar refractivity (Wildman–Crippen MR) is 66.0 cm³/mol. The number of hydrogen-bond donors (Lipinski definition) is 4. The molecule has 0 radical (unpaired) electrons. The summed E-state index contributed by atoms with van der Waals surface area (Å²) in [4.78, 5) is 12.1. The highest BCUT2D eigenvalue weighted by atomic mass is 16.3. The Labute approximate surface area is 108 Å². The van der Waals surface area contributed by atoms with Crippen molar-refractivity contribution in [3.05, 3.63) is 12.7 Å². The molecule has 2 aromatic rings. The number of rotatable bonds is 2. The first kappa shape index (κ1) is 12.3. The van der Waals surface area contributed by atoms with Crippen molar-refractivity contribution < 1.29 is 15.3 Å². The second-order valence-corrected chi connectivity index (χ2v) is 4.79. The minimum Gasteiger partial charge on any atom is -0.396 e. The molecule has 1 saturated carbocycles. The van der Waals surface area contributed by atoms with Gasteiger partial charge < -0.3 is 25.6 Å². The van der Waals surface area contributed by atoms with E-state index in [1.54, 1.807) is 4.57 Å². The third kappa shape index (κ3) is 1.76. The quantitative estimate of drug-likeness (QED) is 0.530. The second kappa shape index (κ2) is 4.41. The number of nitrogens with two attached hydrogens (primary N) is 1. The smallest absolute Gasteiger partial charge is 0.165 e. The number of aromatic nitrogens is 4. The molecule has 0 unspecified atom stereocenters. The molecule has 2 aromatic heterocycles. The lowest BCUT2D eigenvalue weighted by Crippen LogP contribution is -2.28. The minimum atomic E-state index is -0.763. The molecule has 4 atom stereocenters. The molecule has 8 nitrogen and oxygen atoms in total. The van der Waals surface area contributed by atoms with Crippen LogP contribution in [0.4, 0.5) is 5.82 Å². The maximum atomic E-state index is 10.1. The average molecular weight is 265 g/mol. The van der Waals surface area contributed by atoms with Gasteiger partial charge in [-0.1, -0.05) is 0 Å². The lowest BCUT2D eigenvalue weighted by molar-refractivity contribution is 0.0716. The zero-order chi connectivity index (χ0) is 13.6. The highest BCUT2D eigenvalue weighted by Crippen LogP contribution is 2.37. The van der Waals surface area contributed by atoms with E-state index in [9.17, 15) is 15.3 Å². The molecule has 102 valence electrons. The fourth-order valence-corrected chi connectivity index (χ4v) is 2.78. The number of nitrogen functional groups attached to an aromatic ring is 1. The van der Waals surface area contributed by atoms with Crippen LogP contribution in [0, 0.1) is 5.92 Å². The van der Waals surface area contributed by atoms with E-state index in [0.29, 0.717) is 11.2 Å². The van der Waals surface area contributed by atoms with E-state index in [2.05, 4.69) is 15.0 Å². The van der Waals surface area contributed by atoms with Crippen LogP contribution in [-0.2, 0) is 0 Å². The molecule has 2 heterocycles. The molecule has 19 heavy (non-hydrogen) atoms. The number of hydrogen-bond acceptors (Lipinski definition) is 7. The molecule has 1 aliphatic carbocycles. The number of imidazole rings is 1. The van der Waals surface area contributed by atoms with Crippen LogP contribution in [-0.4, -0.2) is 53.7 Å². The van der Waals surface area contributed by atoms with Gasteiger partial charge in [-0.15, -0.1) is 0 Å². The number of aliphatic hydroxyl groups excluding tert-OH is 3. The summed E-state index contributed by atoms with van der Waals surface area (Å²) in [5, 5.41) is 29.3. The standard InChI is InChI=1S/C11H15N5O3/c12-10-8-11(14-3-13-10)16(4-15-8)9-5(2-17)6(18)1-7(9)19/h3-7,9,17-19H,1-2H2,(H2,12,13,14)/t5-,6+,7-,9-/m1/s1. The topological polar surface area (TPSA) is 130 Å². The van der Waals surface area contributed by atoms with Crippen LogP contribution in [0.1, 0.15) is 12.5 Å². The van der Waals surface area contributed by atoms with E-state index in [1.807, 2.05) is 0 Å². The number of nitrogens with zero attached hydrogens (tertiary/aromatic N) is 4. The summed E-state index contributed by atoms with van der Waals surface area (Å²) in [5.74, 6) is -0.194. The zero-order valence-electron chi connectivity index (χ0n) is 10.1. The molecule has 1 fully saturated rings. The third-order valence-electron chi connectivity index (χ3n) is 3.73. The normalized spacial score (nSPS) is 31.1. The summed E-state index contributed by atoms with van der Waals surface area (Å²) in [6, 6.07) is -0.473. The molecule has 8 heteroatoms. The van der Waals surface area contributed by atoms with Gasteiger partial charge in [-0.25, -0.2) is 15.0 Å². The third-order valence-corrected chi connectivity index (χ3v) is 3.73. The van der Waals surface area contributed by atoms with Gasteiger partial charge in [-0.2, -0.15) is 0 Å². The minimum absolute atomic E-state index is 0.218. The highest BCUT2D eigenvalue weighted by Gasteiger charge is 2.43. The molecule has 0 bridgehead atoms. The summed E-state index contributed by atoms with van der Waals surface area (Å²) in [6.07, 6.45) is 1.53. The first-order valence-electron chi connectivity index (χ1n) is 6.03. The van der Waals surface area contributed by atoms with E-state index in [1.165, 1.54) is 12.7 Å². The van der Waals surface area contributed by atoms with E-state index < -0.39 is 24.2 Å². The van der Waals surface area contributed by atoms with Gasteiger partial charge in [0.2, 0.25) is 0 Å². The largest absolute Gasteiger partial charge is 0.396 e. The van der Waals surface area contributed by atoms with E-state index in [0.717, 1.165) is 0 Å². The zero-order valence-corrected chi connectivity index (χ0v) is 10.1. The van der Waals surface area contributed by atoms with Crippen molar-refractivity contribution in [2.75, 3.05) is 12.3 Å². The summed E-state index contributed by atoms with van der Waals surface area (Å²) >= 11 is 0. The predicted octanol–water partition coefficient (Wildman–Crippen LogP) is -1.32. The van der Waals surface area contributed by atoms with Crippen LogP contribution < -0.4 is 5.73 Å². The highest BCUT2D eigenvalue weighted by molar-refractivity contribution is 5.81. The molecule has 3 rings (SSSR count).